The Morgan fingerprint density at radius 3 is 2.78 bits per heavy atom. The SMILES string of the molecule is CC(C)(C)NCc1ccnc(-n2cc(Br)cn2)c1. The minimum Gasteiger partial charge on any atom is -0.308 e. The fourth-order valence-corrected chi connectivity index (χ4v) is 1.77. The predicted octanol–water partition coefficient (Wildman–Crippen LogP) is 2.92. The summed E-state index contributed by atoms with van der Waals surface area (Å²) in [5.41, 5.74) is 1.31. The van der Waals surface area contributed by atoms with Gasteiger partial charge in [-0.15, -0.1) is 0 Å². The average Bonchev–Trinajstić information content (AvgIpc) is 2.73. The van der Waals surface area contributed by atoms with Gasteiger partial charge in [0.05, 0.1) is 10.7 Å². The van der Waals surface area contributed by atoms with Gasteiger partial charge >= 0.3 is 0 Å². The molecule has 0 fully saturated rings. The summed E-state index contributed by atoms with van der Waals surface area (Å²) in [5.74, 6) is 0.828. The van der Waals surface area contributed by atoms with Crippen LogP contribution in [0.2, 0.25) is 0 Å². The second kappa shape index (κ2) is 5.20. The molecule has 0 saturated heterocycles. The third-order valence-corrected chi connectivity index (χ3v) is 2.83. The highest BCUT2D eigenvalue weighted by atomic mass is 79.9. The van der Waals surface area contributed by atoms with E-state index in [2.05, 4.69) is 52.1 Å². The van der Waals surface area contributed by atoms with Crippen molar-refractivity contribution in [3.05, 3.63) is 40.8 Å². The molecule has 2 rings (SSSR count). The zero-order valence-corrected chi connectivity index (χ0v) is 12.4. The highest BCUT2D eigenvalue weighted by Crippen LogP contribution is 2.12. The molecular formula is C13H17BrN4. The van der Waals surface area contributed by atoms with E-state index in [1.807, 2.05) is 24.5 Å². The largest absolute Gasteiger partial charge is 0.308 e. The quantitative estimate of drug-likeness (QED) is 0.948. The highest BCUT2D eigenvalue weighted by Gasteiger charge is 2.09. The van der Waals surface area contributed by atoms with Gasteiger partial charge in [-0.3, -0.25) is 0 Å². The summed E-state index contributed by atoms with van der Waals surface area (Å²) in [6, 6.07) is 4.05. The third-order valence-electron chi connectivity index (χ3n) is 2.42. The van der Waals surface area contributed by atoms with E-state index >= 15 is 0 Å². The van der Waals surface area contributed by atoms with Crippen LogP contribution in [0.25, 0.3) is 5.82 Å². The van der Waals surface area contributed by atoms with Gasteiger partial charge in [0.25, 0.3) is 0 Å². The van der Waals surface area contributed by atoms with Crippen LogP contribution < -0.4 is 5.32 Å². The Labute approximate surface area is 116 Å². The molecule has 4 nitrogen and oxygen atoms in total. The number of halogens is 1. The van der Waals surface area contributed by atoms with Crippen LogP contribution in [0.15, 0.2) is 35.2 Å². The Kier molecular flexibility index (Phi) is 3.82. The maximum absolute atomic E-state index is 4.32. The highest BCUT2D eigenvalue weighted by molar-refractivity contribution is 9.10. The number of hydrogen-bond donors (Lipinski definition) is 1. The molecular weight excluding hydrogens is 292 g/mol. The molecule has 0 radical (unpaired) electrons. The molecule has 0 unspecified atom stereocenters. The van der Waals surface area contributed by atoms with Crippen LogP contribution in [0.3, 0.4) is 0 Å². The molecule has 2 heterocycles. The van der Waals surface area contributed by atoms with Crippen molar-refractivity contribution in [3.8, 4) is 5.82 Å². The molecule has 2 aromatic heterocycles. The fourth-order valence-electron chi connectivity index (χ4n) is 1.49. The Morgan fingerprint density at radius 1 is 1.39 bits per heavy atom. The van der Waals surface area contributed by atoms with E-state index in [1.54, 1.807) is 10.9 Å². The van der Waals surface area contributed by atoms with Crippen molar-refractivity contribution in [2.75, 3.05) is 0 Å². The van der Waals surface area contributed by atoms with E-state index in [9.17, 15) is 0 Å². The lowest BCUT2D eigenvalue weighted by Gasteiger charge is -2.20. The molecule has 0 aliphatic carbocycles. The van der Waals surface area contributed by atoms with E-state index < -0.39 is 0 Å². The Hall–Kier alpha value is -1.20. The van der Waals surface area contributed by atoms with Crippen LogP contribution in [0, 0.1) is 0 Å². The van der Waals surface area contributed by atoms with E-state index in [0.29, 0.717) is 0 Å². The summed E-state index contributed by atoms with van der Waals surface area (Å²) in [4.78, 5) is 4.32. The average molecular weight is 309 g/mol. The molecule has 0 saturated carbocycles. The Balaban J connectivity index is 2.15. The summed E-state index contributed by atoms with van der Waals surface area (Å²) >= 11 is 3.38. The van der Waals surface area contributed by atoms with E-state index in [-0.39, 0.29) is 5.54 Å². The first-order valence-electron chi connectivity index (χ1n) is 5.84. The molecule has 5 heteroatoms. The monoisotopic (exact) mass is 308 g/mol. The van der Waals surface area contributed by atoms with Crippen molar-refractivity contribution >= 4 is 15.9 Å². The number of nitrogens with zero attached hydrogens (tertiary/aromatic N) is 3. The molecule has 18 heavy (non-hydrogen) atoms. The van der Waals surface area contributed by atoms with Gasteiger partial charge in [-0.1, -0.05) is 0 Å². The summed E-state index contributed by atoms with van der Waals surface area (Å²) in [5, 5.41) is 7.68. The lowest BCUT2D eigenvalue weighted by Crippen LogP contribution is -2.35. The summed E-state index contributed by atoms with van der Waals surface area (Å²) in [6.45, 7) is 7.28. The van der Waals surface area contributed by atoms with Gasteiger partial charge in [0.15, 0.2) is 5.82 Å². The van der Waals surface area contributed by atoms with Crippen molar-refractivity contribution in [2.45, 2.75) is 32.9 Å². The van der Waals surface area contributed by atoms with Crippen molar-refractivity contribution in [1.29, 1.82) is 0 Å². The van der Waals surface area contributed by atoms with Crippen molar-refractivity contribution in [1.82, 2.24) is 20.1 Å². The molecule has 0 aliphatic heterocycles. The third kappa shape index (κ3) is 3.65. The maximum Gasteiger partial charge on any atom is 0.153 e. The second-order valence-electron chi connectivity index (χ2n) is 5.23. The van der Waals surface area contributed by atoms with Crippen molar-refractivity contribution in [3.63, 3.8) is 0 Å². The maximum atomic E-state index is 4.32. The number of rotatable bonds is 3. The number of nitrogens with one attached hydrogen (secondary N) is 1. The van der Waals surface area contributed by atoms with Crippen LogP contribution >= 0.6 is 15.9 Å². The number of hydrogen-bond acceptors (Lipinski definition) is 3. The molecule has 96 valence electrons. The van der Waals surface area contributed by atoms with Crippen LogP contribution in [0.5, 0.6) is 0 Å². The molecule has 2 aromatic rings. The minimum atomic E-state index is 0.109. The van der Waals surface area contributed by atoms with Crippen molar-refractivity contribution < 1.29 is 0 Å². The van der Waals surface area contributed by atoms with Gasteiger partial charge in [0.1, 0.15) is 0 Å². The first kappa shape index (κ1) is 13.2. The Bertz CT molecular complexity index is 528. The van der Waals surface area contributed by atoms with E-state index in [0.717, 1.165) is 16.8 Å². The smallest absolute Gasteiger partial charge is 0.153 e. The molecule has 1 N–H and O–H groups in total. The van der Waals surface area contributed by atoms with Crippen LogP contribution in [0.4, 0.5) is 0 Å². The zero-order chi connectivity index (χ0) is 13.2. The van der Waals surface area contributed by atoms with Gasteiger partial charge in [-0.2, -0.15) is 5.10 Å². The van der Waals surface area contributed by atoms with Gasteiger partial charge < -0.3 is 5.32 Å². The standard InChI is InChI=1S/C13H17BrN4/c1-13(2,3)16-7-10-4-5-15-12(6-10)18-9-11(14)8-17-18/h4-6,8-9,16H,7H2,1-3H3. The minimum absolute atomic E-state index is 0.109. The number of aromatic nitrogens is 3. The van der Waals surface area contributed by atoms with E-state index in [4.69, 9.17) is 0 Å². The lowest BCUT2D eigenvalue weighted by atomic mass is 10.1. The van der Waals surface area contributed by atoms with E-state index in [1.165, 1.54) is 5.56 Å². The molecule has 0 bridgehead atoms. The zero-order valence-electron chi connectivity index (χ0n) is 10.8. The normalized spacial score (nSPS) is 11.8. The molecule has 0 atom stereocenters. The molecule has 0 amide bonds. The molecule has 0 aliphatic rings. The van der Waals surface area contributed by atoms with Gasteiger partial charge in [-0.05, 0) is 54.4 Å². The first-order chi connectivity index (χ1) is 8.44. The fraction of sp³-hybridized carbons (Fsp3) is 0.385. The number of pyridine rings is 1. The molecule has 0 spiro atoms. The summed E-state index contributed by atoms with van der Waals surface area (Å²) in [7, 11) is 0. The van der Waals surface area contributed by atoms with Crippen molar-refractivity contribution in [2.24, 2.45) is 0 Å². The summed E-state index contributed by atoms with van der Waals surface area (Å²) < 4.78 is 2.70. The van der Waals surface area contributed by atoms with Crippen LogP contribution in [-0.2, 0) is 6.54 Å². The van der Waals surface area contributed by atoms with Gasteiger partial charge in [0.2, 0.25) is 0 Å². The second-order valence-corrected chi connectivity index (χ2v) is 6.14. The predicted molar refractivity (Wildman–Crippen MR) is 75.7 cm³/mol. The Morgan fingerprint density at radius 2 is 2.17 bits per heavy atom. The lowest BCUT2D eigenvalue weighted by molar-refractivity contribution is 0.424. The topological polar surface area (TPSA) is 42.7 Å². The molecule has 0 aromatic carbocycles. The van der Waals surface area contributed by atoms with Crippen LogP contribution in [-0.4, -0.2) is 20.3 Å². The van der Waals surface area contributed by atoms with Gasteiger partial charge in [-0.25, -0.2) is 9.67 Å². The summed E-state index contributed by atoms with van der Waals surface area (Å²) in [6.07, 6.45) is 5.45. The first-order valence-corrected chi connectivity index (χ1v) is 6.64. The van der Waals surface area contributed by atoms with Crippen LogP contribution in [0.1, 0.15) is 26.3 Å². The van der Waals surface area contributed by atoms with Gasteiger partial charge in [0, 0.05) is 24.5 Å².